The summed E-state index contributed by atoms with van der Waals surface area (Å²) < 4.78 is 1.42. The average Bonchev–Trinajstić information content (AvgIpc) is 2.41. The van der Waals surface area contributed by atoms with E-state index in [4.69, 9.17) is 11.6 Å². The Morgan fingerprint density at radius 2 is 2.26 bits per heavy atom. The van der Waals surface area contributed by atoms with Crippen molar-refractivity contribution in [1.29, 1.82) is 0 Å². The van der Waals surface area contributed by atoms with Gasteiger partial charge in [-0.2, -0.15) is 5.10 Å². The van der Waals surface area contributed by atoms with E-state index in [1.54, 1.807) is 6.20 Å². The van der Waals surface area contributed by atoms with Crippen molar-refractivity contribution in [2.75, 3.05) is 25.0 Å². The van der Waals surface area contributed by atoms with Gasteiger partial charge < -0.3 is 10.2 Å². The van der Waals surface area contributed by atoms with Crippen LogP contribution < -0.4 is 15.8 Å². The summed E-state index contributed by atoms with van der Waals surface area (Å²) in [5, 5.41) is 7.78. The van der Waals surface area contributed by atoms with E-state index in [-0.39, 0.29) is 16.6 Å². The Bertz CT molecular complexity index is 500. The van der Waals surface area contributed by atoms with E-state index in [9.17, 15) is 4.79 Å². The van der Waals surface area contributed by atoms with Gasteiger partial charge in [-0.1, -0.05) is 11.6 Å². The maximum absolute atomic E-state index is 12.2. The predicted octanol–water partition coefficient (Wildman–Crippen LogP) is 1.67. The van der Waals surface area contributed by atoms with Crippen molar-refractivity contribution in [2.45, 2.75) is 38.8 Å². The zero-order chi connectivity index (χ0) is 14.0. The summed E-state index contributed by atoms with van der Waals surface area (Å²) in [5.74, 6) is 0. The molecular formula is C13H21ClN4O. The van der Waals surface area contributed by atoms with E-state index in [0.29, 0.717) is 6.04 Å². The molecule has 1 aromatic rings. The normalized spacial score (nSPS) is 20.1. The number of nitrogens with zero attached hydrogens (tertiary/aromatic N) is 3. The van der Waals surface area contributed by atoms with Gasteiger partial charge in [-0.05, 0) is 33.7 Å². The molecule has 0 aromatic carbocycles. The zero-order valence-electron chi connectivity index (χ0n) is 11.7. The lowest BCUT2D eigenvalue weighted by atomic mass is 10.1. The lowest BCUT2D eigenvalue weighted by Crippen LogP contribution is -2.45. The summed E-state index contributed by atoms with van der Waals surface area (Å²) in [7, 11) is 1.96. The molecule has 1 N–H and O–H groups in total. The summed E-state index contributed by atoms with van der Waals surface area (Å²) in [6.45, 7) is 5.62. The second-order valence-corrected chi connectivity index (χ2v) is 5.64. The first kappa shape index (κ1) is 14.3. The molecule has 0 amide bonds. The summed E-state index contributed by atoms with van der Waals surface area (Å²) in [6, 6.07) is 0.461. The molecule has 19 heavy (non-hydrogen) atoms. The Morgan fingerprint density at radius 1 is 1.53 bits per heavy atom. The predicted molar refractivity (Wildman–Crippen MR) is 78.2 cm³/mol. The summed E-state index contributed by atoms with van der Waals surface area (Å²) in [6.07, 6.45) is 3.96. The van der Waals surface area contributed by atoms with Crippen molar-refractivity contribution in [3.8, 4) is 0 Å². The van der Waals surface area contributed by atoms with Crippen LogP contribution in [0, 0.1) is 0 Å². The SMILES string of the molecule is CNC1CCCN(c2cnn(C(C)C)c(=O)c2Cl)C1. The minimum Gasteiger partial charge on any atom is -0.367 e. The van der Waals surface area contributed by atoms with Crippen molar-refractivity contribution in [3.05, 3.63) is 21.6 Å². The lowest BCUT2D eigenvalue weighted by Gasteiger charge is -2.34. The molecule has 1 aliphatic heterocycles. The third-order valence-electron chi connectivity index (χ3n) is 3.58. The van der Waals surface area contributed by atoms with Gasteiger partial charge >= 0.3 is 0 Å². The third kappa shape index (κ3) is 2.92. The zero-order valence-corrected chi connectivity index (χ0v) is 12.4. The first-order valence-electron chi connectivity index (χ1n) is 6.74. The summed E-state index contributed by atoms with van der Waals surface area (Å²) in [5.41, 5.74) is 0.546. The molecule has 1 fully saturated rings. The second-order valence-electron chi connectivity index (χ2n) is 5.26. The minimum atomic E-state index is -0.208. The highest BCUT2D eigenvalue weighted by molar-refractivity contribution is 6.33. The van der Waals surface area contributed by atoms with Gasteiger partial charge in [0.15, 0.2) is 0 Å². The molecule has 1 atom stereocenters. The standard InChI is InChI=1S/C13H21ClN4O/c1-9(2)18-13(19)12(14)11(7-16-18)17-6-4-5-10(8-17)15-3/h7,9-10,15H,4-6,8H2,1-3H3. The molecule has 1 unspecified atom stereocenters. The first-order chi connectivity index (χ1) is 9.04. The van der Waals surface area contributed by atoms with Crippen LogP contribution >= 0.6 is 11.6 Å². The van der Waals surface area contributed by atoms with Crippen molar-refractivity contribution >= 4 is 17.3 Å². The van der Waals surface area contributed by atoms with Gasteiger partial charge in [-0.25, -0.2) is 4.68 Å². The largest absolute Gasteiger partial charge is 0.367 e. The van der Waals surface area contributed by atoms with Gasteiger partial charge in [0.2, 0.25) is 0 Å². The quantitative estimate of drug-likeness (QED) is 0.917. The van der Waals surface area contributed by atoms with Crippen LogP contribution in [0.5, 0.6) is 0 Å². The Hall–Kier alpha value is -1.07. The summed E-state index contributed by atoms with van der Waals surface area (Å²) in [4.78, 5) is 14.3. The molecule has 2 heterocycles. The van der Waals surface area contributed by atoms with Crippen molar-refractivity contribution in [1.82, 2.24) is 15.1 Å². The Kier molecular flexibility index (Phi) is 4.47. The van der Waals surface area contributed by atoms with Crippen molar-refractivity contribution in [2.24, 2.45) is 0 Å². The number of aromatic nitrogens is 2. The van der Waals surface area contributed by atoms with Crippen LogP contribution in [0.25, 0.3) is 0 Å². The van der Waals surface area contributed by atoms with Crippen LogP contribution in [0.3, 0.4) is 0 Å². The average molecular weight is 285 g/mol. The fourth-order valence-electron chi connectivity index (χ4n) is 2.46. The fourth-order valence-corrected chi connectivity index (χ4v) is 2.71. The number of piperidine rings is 1. The molecule has 0 bridgehead atoms. The highest BCUT2D eigenvalue weighted by atomic mass is 35.5. The number of hydrogen-bond acceptors (Lipinski definition) is 4. The first-order valence-corrected chi connectivity index (χ1v) is 7.12. The maximum atomic E-state index is 12.2. The van der Waals surface area contributed by atoms with Crippen LogP contribution in [0.15, 0.2) is 11.0 Å². The molecule has 0 saturated carbocycles. The number of halogens is 1. The van der Waals surface area contributed by atoms with Crippen LogP contribution in [0.1, 0.15) is 32.7 Å². The number of anilines is 1. The third-order valence-corrected chi connectivity index (χ3v) is 3.94. The van der Waals surface area contributed by atoms with Crippen LogP contribution in [-0.2, 0) is 0 Å². The second kappa shape index (κ2) is 5.92. The molecule has 0 aliphatic carbocycles. The maximum Gasteiger partial charge on any atom is 0.287 e. The topological polar surface area (TPSA) is 50.2 Å². The van der Waals surface area contributed by atoms with Crippen molar-refractivity contribution < 1.29 is 0 Å². The van der Waals surface area contributed by atoms with Crippen LogP contribution in [0.4, 0.5) is 5.69 Å². The Labute approximate surface area is 118 Å². The van der Waals surface area contributed by atoms with E-state index >= 15 is 0 Å². The van der Waals surface area contributed by atoms with E-state index in [2.05, 4.69) is 15.3 Å². The monoisotopic (exact) mass is 284 g/mol. The minimum absolute atomic E-state index is 0.0189. The smallest absolute Gasteiger partial charge is 0.287 e. The van der Waals surface area contributed by atoms with Gasteiger partial charge in [0.25, 0.3) is 5.56 Å². The Balaban J connectivity index is 2.30. The molecule has 106 valence electrons. The Morgan fingerprint density at radius 3 is 2.89 bits per heavy atom. The summed E-state index contributed by atoms with van der Waals surface area (Å²) >= 11 is 6.23. The highest BCUT2D eigenvalue weighted by Crippen LogP contribution is 2.24. The van der Waals surface area contributed by atoms with E-state index in [1.807, 2.05) is 20.9 Å². The molecule has 0 radical (unpaired) electrons. The number of nitrogens with one attached hydrogen (secondary N) is 1. The van der Waals surface area contributed by atoms with Gasteiger partial charge in [0, 0.05) is 19.1 Å². The molecular weight excluding hydrogens is 264 g/mol. The van der Waals surface area contributed by atoms with Gasteiger partial charge in [-0.15, -0.1) is 0 Å². The van der Waals surface area contributed by atoms with Crippen LogP contribution in [0.2, 0.25) is 5.02 Å². The molecule has 5 nitrogen and oxygen atoms in total. The molecule has 6 heteroatoms. The highest BCUT2D eigenvalue weighted by Gasteiger charge is 2.22. The fraction of sp³-hybridized carbons (Fsp3) is 0.692. The van der Waals surface area contributed by atoms with Crippen LogP contribution in [-0.4, -0.2) is 36.0 Å². The number of hydrogen-bond donors (Lipinski definition) is 1. The lowest BCUT2D eigenvalue weighted by molar-refractivity contribution is 0.447. The molecule has 1 aliphatic rings. The van der Waals surface area contributed by atoms with E-state index in [0.717, 1.165) is 31.6 Å². The molecule has 0 spiro atoms. The van der Waals surface area contributed by atoms with Gasteiger partial charge in [-0.3, -0.25) is 4.79 Å². The van der Waals surface area contributed by atoms with E-state index in [1.165, 1.54) is 4.68 Å². The number of likely N-dealkylation sites (N-methyl/N-ethyl adjacent to an activating group) is 1. The van der Waals surface area contributed by atoms with E-state index < -0.39 is 0 Å². The van der Waals surface area contributed by atoms with Gasteiger partial charge in [0.05, 0.1) is 17.9 Å². The molecule has 2 rings (SSSR count). The molecule has 1 aromatic heterocycles. The number of rotatable bonds is 3. The van der Waals surface area contributed by atoms with Gasteiger partial charge in [0.1, 0.15) is 5.02 Å². The molecule has 1 saturated heterocycles. The van der Waals surface area contributed by atoms with Crippen molar-refractivity contribution in [3.63, 3.8) is 0 Å².